The van der Waals surface area contributed by atoms with Crippen LogP contribution in [0, 0.1) is 0 Å². The largest absolute Gasteiger partial charge is 0.352 e. The van der Waals surface area contributed by atoms with Crippen molar-refractivity contribution in [3.05, 3.63) is 65.7 Å². The normalized spacial score (nSPS) is 17.8. The van der Waals surface area contributed by atoms with Crippen molar-refractivity contribution in [3.63, 3.8) is 0 Å². The monoisotopic (exact) mass is 525 g/mol. The van der Waals surface area contributed by atoms with Gasteiger partial charge in [0.2, 0.25) is 11.8 Å². The topological polar surface area (TPSA) is 104 Å². The molecule has 9 heteroatoms. The van der Waals surface area contributed by atoms with Crippen molar-refractivity contribution in [1.82, 2.24) is 14.5 Å². The molecular formula is C28H35N3O5S. The molecular weight excluding hydrogens is 490 g/mol. The second-order valence-corrected chi connectivity index (χ2v) is 11.7. The average Bonchev–Trinajstić information content (AvgIpc) is 3.10. The molecule has 1 aliphatic carbocycles. The SMILES string of the molecule is CC(C(=O)NC1CCCCC1)N(CCc1ccccc1)C(=O)CCCN1C(=O)c2ccccc2S1(=O)=O. The maximum absolute atomic E-state index is 13.3. The van der Waals surface area contributed by atoms with E-state index in [1.807, 2.05) is 30.3 Å². The van der Waals surface area contributed by atoms with Gasteiger partial charge >= 0.3 is 0 Å². The highest BCUT2D eigenvalue weighted by atomic mass is 32.2. The number of nitrogens with one attached hydrogen (secondary N) is 1. The van der Waals surface area contributed by atoms with Gasteiger partial charge in [-0.05, 0) is 50.3 Å². The Morgan fingerprint density at radius 2 is 1.70 bits per heavy atom. The van der Waals surface area contributed by atoms with Crippen molar-refractivity contribution in [2.75, 3.05) is 13.1 Å². The maximum Gasteiger partial charge on any atom is 0.269 e. The second kappa shape index (κ2) is 11.9. The van der Waals surface area contributed by atoms with Crippen LogP contribution < -0.4 is 5.32 Å². The molecule has 2 aliphatic rings. The van der Waals surface area contributed by atoms with Gasteiger partial charge in [0.25, 0.3) is 15.9 Å². The Bertz CT molecular complexity index is 1230. The molecule has 1 fully saturated rings. The summed E-state index contributed by atoms with van der Waals surface area (Å²) in [6.45, 7) is 2.03. The smallest absolute Gasteiger partial charge is 0.269 e. The third-order valence-electron chi connectivity index (χ3n) is 7.27. The van der Waals surface area contributed by atoms with Crippen LogP contribution in [0.4, 0.5) is 0 Å². The molecule has 8 nitrogen and oxygen atoms in total. The van der Waals surface area contributed by atoms with Crippen molar-refractivity contribution in [2.45, 2.75) is 75.3 Å². The third-order valence-corrected chi connectivity index (χ3v) is 9.11. The quantitative estimate of drug-likeness (QED) is 0.511. The van der Waals surface area contributed by atoms with Gasteiger partial charge in [-0.2, -0.15) is 0 Å². The molecule has 0 saturated heterocycles. The lowest BCUT2D eigenvalue weighted by Crippen LogP contribution is -2.51. The molecule has 1 atom stereocenters. The zero-order valence-corrected chi connectivity index (χ0v) is 22.1. The first-order chi connectivity index (χ1) is 17.8. The fraction of sp³-hybridized carbons (Fsp3) is 0.464. The van der Waals surface area contributed by atoms with Crippen LogP contribution in [-0.2, 0) is 26.0 Å². The second-order valence-electron chi connectivity index (χ2n) is 9.82. The van der Waals surface area contributed by atoms with E-state index in [9.17, 15) is 22.8 Å². The minimum atomic E-state index is -3.91. The molecule has 2 aromatic rings. The zero-order valence-electron chi connectivity index (χ0n) is 21.3. The summed E-state index contributed by atoms with van der Waals surface area (Å²) < 4.78 is 26.5. The molecule has 1 N–H and O–H groups in total. The van der Waals surface area contributed by atoms with E-state index in [4.69, 9.17) is 0 Å². The Morgan fingerprint density at radius 3 is 2.41 bits per heavy atom. The average molecular weight is 526 g/mol. The van der Waals surface area contributed by atoms with Crippen LogP contribution in [0.25, 0.3) is 0 Å². The number of nitrogens with zero attached hydrogens (tertiary/aromatic N) is 2. The van der Waals surface area contributed by atoms with Gasteiger partial charge in [0.15, 0.2) is 0 Å². The van der Waals surface area contributed by atoms with Gasteiger partial charge in [-0.15, -0.1) is 0 Å². The summed E-state index contributed by atoms with van der Waals surface area (Å²) in [6, 6.07) is 15.4. The summed E-state index contributed by atoms with van der Waals surface area (Å²) >= 11 is 0. The number of fused-ring (bicyclic) bond motifs is 1. The van der Waals surface area contributed by atoms with E-state index in [1.54, 1.807) is 24.0 Å². The molecule has 3 amide bonds. The number of hydrogen-bond donors (Lipinski definition) is 1. The number of carbonyl (C=O) groups excluding carboxylic acids is 3. The minimum Gasteiger partial charge on any atom is -0.352 e. The number of sulfonamides is 1. The highest BCUT2D eigenvalue weighted by molar-refractivity contribution is 7.90. The predicted octanol–water partition coefficient (Wildman–Crippen LogP) is 3.52. The Labute approximate surface area is 219 Å². The first kappa shape index (κ1) is 26.9. The number of hydrogen-bond acceptors (Lipinski definition) is 5. The van der Waals surface area contributed by atoms with Crippen molar-refractivity contribution >= 4 is 27.7 Å². The van der Waals surface area contributed by atoms with Crippen LogP contribution in [0.5, 0.6) is 0 Å². The van der Waals surface area contributed by atoms with Crippen LogP contribution >= 0.6 is 0 Å². The molecule has 1 aliphatic heterocycles. The fourth-order valence-electron chi connectivity index (χ4n) is 5.11. The summed E-state index contributed by atoms with van der Waals surface area (Å²) in [5.74, 6) is -0.964. The third kappa shape index (κ3) is 6.21. The molecule has 0 aromatic heterocycles. The number of benzene rings is 2. The highest BCUT2D eigenvalue weighted by Crippen LogP contribution is 2.30. The standard InChI is InChI=1S/C28H35N3O5S/c1-21(27(33)29-23-13-6-3-7-14-23)30(20-18-22-11-4-2-5-12-22)26(32)17-10-19-31-28(34)24-15-8-9-16-25(24)37(31,35)36/h2,4-5,8-9,11-12,15-16,21,23H,3,6-7,10,13-14,17-20H2,1H3,(H,29,33). The van der Waals surface area contributed by atoms with Crippen molar-refractivity contribution in [1.29, 1.82) is 0 Å². The van der Waals surface area contributed by atoms with E-state index < -0.39 is 22.0 Å². The lowest BCUT2D eigenvalue weighted by atomic mass is 9.95. The van der Waals surface area contributed by atoms with Crippen LogP contribution in [0.3, 0.4) is 0 Å². The summed E-state index contributed by atoms with van der Waals surface area (Å²) in [5, 5.41) is 3.11. The van der Waals surface area contributed by atoms with E-state index in [0.29, 0.717) is 13.0 Å². The molecule has 1 unspecified atom stereocenters. The Hall–Kier alpha value is -3.20. The van der Waals surface area contributed by atoms with E-state index in [1.165, 1.54) is 18.6 Å². The molecule has 198 valence electrons. The van der Waals surface area contributed by atoms with E-state index >= 15 is 0 Å². The molecule has 2 aromatic carbocycles. The van der Waals surface area contributed by atoms with Crippen LogP contribution in [0.15, 0.2) is 59.5 Å². The number of carbonyl (C=O) groups is 3. The molecule has 1 saturated carbocycles. The van der Waals surface area contributed by atoms with Crippen molar-refractivity contribution in [2.24, 2.45) is 0 Å². The Balaban J connectivity index is 1.40. The van der Waals surface area contributed by atoms with Gasteiger partial charge in [0.1, 0.15) is 10.9 Å². The van der Waals surface area contributed by atoms with Gasteiger partial charge in [-0.25, -0.2) is 12.7 Å². The van der Waals surface area contributed by atoms with E-state index in [-0.39, 0.29) is 47.7 Å². The van der Waals surface area contributed by atoms with Gasteiger partial charge < -0.3 is 10.2 Å². The lowest BCUT2D eigenvalue weighted by Gasteiger charge is -2.31. The number of amides is 3. The van der Waals surface area contributed by atoms with Gasteiger partial charge in [0, 0.05) is 25.6 Å². The first-order valence-electron chi connectivity index (χ1n) is 13.1. The van der Waals surface area contributed by atoms with Crippen molar-refractivity contribution in [3.8, 4) is 0 Å². The van der Waals surface area contributed by atoms with Gasteiger partial charge in [0.05, 0.1) is 5.56 Å². The first-order valence-corrected chi connectivity index (χ1v) is 14.5. The summed E-state index contributed by atoms with van der Waals surface area (Å²) in [6.07, 6.45) is 6.10. The zero-order chi connectivity index (χ0) is 26.4. The summed E-state index contributed by atoms with van der Waals surface area (Å²) in [5.41, 5.74) is 1.22. The minimum absolute atomic E-state index is 0.00354. The fourth-order valence-corrected chi connectivity index (χ4v) is 6.72. The van der Waals surface area contributed by atoms with Gasteiger partial charge in [-0.3, -0.25) is 14.4 Å². The predicted molar refractivity (Wildman–Crippen MR) is 140 cm³/mol. The van der Waals surface area contributed by atoms with Crippen LogP contribution in [0.1, 0.15) is 67.8 Å². The Kier molecular flexibility index (Phi) is 8.63. The lowest BCUT2D eigenvalue weighted by molar-refractivity contribution is -0.140. The number of rotatable bonds is 10. The van der Waals surface area contributed by atoms with Gasteiger partial charge in [-0.1, -0.05) is 61.7 Å². The Morgan fingerprint density at radius 1 is 1.03 bits per heavy atom. The molecule has 1 heterocycles. The van der Waals surface area contributed by atoms with Crippen LogP contribution in [0.2, 0.25) is 0 Å². The molecule has 37 heavy (non-hydrogen) atoms. The van der Waals surface area contributed by atoms with E-state index in [0.717, 1.165) is 35.6 Å². The van der Waals surface area contributed by atoms with Crippen molar-refractivity contribution < 1.29 is 22.8 Å². The molecule has 0 radical (unpaired) electrons. The molecule has 4 rings (SSSR count). The molecule has 0 spiro atoms. The summed E-state index contributed by atoms with van der Waals surface area (Å²) in [4.78, 5) is 40.7. The summed E-state index contributed by atoms with van der Waals surface area (Å²) in [7, 11) is -3.91. The van der Waals surface area contributed by atoms with Crippen LogP contribution in [-0.4, -0.2) is 60.5 Å². The maximum atomic E-state index is 13.3. The highest BCUT2D eigenvalue weighted by Gasteiger charge is 2.40. The molecule has 0 bridgehead atoms. The van der Waals surface area contributed by atoms with E-state index in [2.05, 4.69) is 5.32 Å².